The van der Waals surface area contributed by atoms with Crippen molar-refractivity contribution in [2.24, 2.45) is 0 Å². The van der Waals surface area contributed by atoms with Gasteiger partial charge in [-0.3, -0.25) is 4.98 Å². The minimum absolute atomic E-state index is 0.0231. The van der Waals surface area contributed by atoms with Crippen LogP contribution >= 0.6 is 0 Å². The SMILES string of the molecule is O=S(=O)(NCc1ccc(-c2ccoc2)nc1)c1ccccc1F. The van der Waals surface area contributed by atoms with E-state index in [1.54, 1.807) is 36.9 Å². The summed E-state index contributed by atoms with van der Waals surface area (Å²) in [5, 5.41) is 0. The Morgan fingerprint density at radius 1 is 1.13 bits per heavy atom. The minimum atomic E-state index is -3.91. The first kappa shape index (κ1) is 15.4. The third-order valence-electron chi connectivity index (χ3n) is 3.23. The van der Waals surface area contributed by atoms with Gasteiger partial charge in [0.05, 0.1) is 18.2 Å². The molecule has 0 amide bonds. The van der Waals surface area contributed by atoms with Gasteiger partial charge in [0.25, 0.3) is 0 Å². The van der Waals surface area contributed by atoms with Gasteiger partial charge in [0, 0.05) is 18.3 Å². The molecule has 0 bridgehead atoms. The Morgan fingerprint density at radius 2 is 1.96 bits per heavy atom. The molecule has 0 saturated carbocycles. The maximum absolute atomic E-state index is 13.6. The second-order valence-electron chi connectivity index (χ2n) is 4.82. The molecule has 0 atom stereocenters. The lowest BCUT2D eigenvalue weighted by atomic mass is 10.2. The molecule has 0 saturated heterocycles. The molecule has 0 radical (unpaired) electrons. The van der Waals surface area contributed by atoms with Crippen LogP contribution in [0, 0.1) is 5.82 Å². The molecular weight excluding hydrogens is 319 g/mol. The van der Waals surface area contributed by atoms with Gasteiger partial charge in [0.2, 0.25) is 10.0 Å². The maximum atomic E-state index is 13.6. The van der Waals surface area contributed by atoms with Gasteiger partial charge in [-0.25, -0.2) is 17.5 Å². The quantitative estimate of drug-likeness (QED) is 0.780. The summed E-state index contributed by atoms with van der Waals surface area (Å²) in [6.45, 7) is 0.0231. The third-order valence-corrected chi connectivity index (χ3v) is 4.67. The molecular formula is C16H13FN2O3S. The molecule has 0 aliphatic rings. The van der Waals surface area contributed by atoms with Crippen molar-refractivity contribution < 1.29 is 17.2 Å². The van der Waals surface area contributed by atoms with Crippen LogP contribution < -0.4 is 4.72 Å². The molecule has 2 aromatic heterocycles. The molecule has 3 rings (SSSR count). The van der Waals surface area contributed by atoms with E-state index in [1.807, 2.05) is 0 Å². The molecule has 1 N–H and O–H groups in total. The van der Waals surface area contributed by atoms with Crippen molar-refractivity contribution in [1.82, 2.24) is 9.71 Å². The van der Waals surface area contributed by atoms with Gasteiger partial charge in [-0.05, 0) is 29.8 Å². The summed E-state index contributed by atoms with van der Waals surface area (Å²) in [6, 6.07) is 10.5. The number of nitrogens with one attached hydrogen (secondary N) is 1. The molecule has 0 fully saturated rings. The molecule has 3 aromatic rings. The van der Waals surface area contributed by atoms with Crippen LogP contribution in [0.15, 0.2) is 70.5 Å². The molecule has 118 valence electrons. The largest absolute Gasteiger partial charge is 0.472 e. The normalized spacial score (nSPS) is 11.5. The second-order valence-corrected chi connectivity index (χ2v) is 6.55. The van der Waals surface area contributed by atoms with E-state index in [0.717, 1.165) is 17.3 Å². The summed E-state index contributed by atoms with van der Waals surface area (Å²) in [4.78, 5) is 3.87. The molecule has 0 aliphatic heterocycles. The summed E-state index contributed by atoms with van der Waals surface area (Å²) in [6.07, 6.45) is 4.68. The lowest BCUT2D eigenvalue weighted by Crippen LogP contribution is -2.24. The first-order valence-corrected chi connectivity index (χ1v) is 8.26. The van der Waals surface area contributed by atoms with Crippen LogP contribution in [0.4, 0.5) is 4.39 Å². The Bertz CT molecular complexity index is 891. The summed E-state index contributed by atoms with van der Waals surface area (Å²) < 4.78 is 45.1. The number of furan rings is 1. The summed E-state index contributed by atoms with van der Waals surface area (Å²) in [5.41, 5.74) is 2.22. The summed E-state index contributed by atoms with van der Waals surface area (Å²) in [7, 11) is -3.91. The van der Waals surface area contributed by atoms with E-state index >= 15 is 0 Å². The zero-order valence-corrected chi connectivity index (χ0v) is 12.8. The predicted octanol–water partition coefficient (Wildman–Crippen LogP) is 2.96. The minimum Gasteiger partial charge on any atom is -0.472 e. The van der Waals surface area contributed by atoms with Crippen LogP contribution in [0.5, 0.6) is 0 Å². The zero-order valence-electron chi connectivity index (χ0n) is 11.9. The molecule has 1 aromatic carbocycles. The average molecular weight is 332 g/mol. The third kappa shape index (κ3) is 3.46. The Morgan fingerprint density at radius 3 is 2.61 bits per heavy atom. The molecule has 0 spiro atoms. The van der Waals surface area contributed by atoms with Crippen LogP contribution in [-0.4, -0.2) is 13.4 Å². The summed E-state index contributed by atoms with van der Waals surface area (Å²) >= 11 is 0. The van der Waals surface area contributed by atoms with Crippen molar-refractivity contribution >= 4 is 10.0 Å². The Hall–Kier alpha value is -2.51. The average Bonchev–Trinajstić information content (AvgIpc) is 3.08. The number of aromatic nitrogens is 1. The van der Waals surface area contributed by atoms with E-state index in [4.69, 9.17) is 4.42 Å². The van der Waals surface area contributed by atoms with E-state index in [-0.39, 0.29) is 11.4 Å². The lowest BCUT2D eigenvalue weighted by Gasteiger charge is -2.07. The highest BCUT2D eigenvalue weighted by Gasteiger charge is 2.17. The molecule has 23 heavy (non-hydrogen) atoms. The monoisotopic (exact) mass is 332 g/mol. The van der Waals surface area contributed by atoms with Gasteiger partial charge in [-0.1, -0.05) is 18.2 Å². The summed E-state index contributed by atoms with van der Waals surface area (Å²) in [5.74, 6) is -0.784. The Labute approximate surface area is 132 Å². The number of rotatable bonds is 5. The molecule has 0 aliphatic carbocycles. The van der Waals surface area contributed by atoms with Crippen LogP contribution in [0.1, 0.15) is 5.56 Å². The van der Waals surface area contributed by atoms with Gasteiger partial charge in [-0.2, -0.15) is 0 Å². The lowest BCUT2D eigenvalue weighted by molar-refractivity contribution is 0.556. The number of benzene rings is 1. The van der Waals surface area contributed by atoms with E-state index in [0.29, 0.717) is 5.56 Å². The number of pyridine rings is 1. The van der Waals surface area contributed by atoms with E-state index < -0.39 is 15.8 Å². The zero-order chi connectivity index (χ0) is 16.3. The molecule has 5 nitrogen and oxygen atoms in total. The maximum Gasteiger partial charge on any atom is 0.243 e. The van der Waals surface area contributed by atoms with Gasteiger partial charge >= 0.3 is 0 Å². The van der Waals surface area contributed by atoms with Crippen LogP contribution in [0.25, 0.3) is 11.3 Å². The number of nitrogens with zero attached hydrogens (tertiary/aromatic N) is 1. The second kappa shape index (κ2) is 6.31. The topological polar surface area (TPSA) is 72.2 Å². The fourth-order valence-corrected chi connectivity index (χ4v) is 3.12. The van der Waals surface area contributed by atoms with E-state index in [9.17, 15) is 12.8 Å². The Balaban J connectivity index is 1.72. The van der Waals surface area contributed by atoms with E-state index in [2.05, 4.69) is 9.71 Å². The number of hydrogen-bond acceptors (Lipinski definition) is 4. The number of hydrogen-bond donors (Lipinski definition) is 1. The number of halogens is 1. The van der Waals surface area contributed by atoms with Crippen LogP contribution in [-0.2, 0) is 16.6 Å². The van der Waals surface area contributed by atoms with Crippen molar-refractivity contribution in [1.29, 1.82) is 0 Å². The Kier molecular flexibility index (Phi) is 4.22. The van der Waals surface area contributed by atoms with Gasteiger partial charge in [-0.15, -0.1) is 0 Å². The first-order chi connectivity index (χ1) is 11.1. The predicted molar refractivity (Wildman–Crippen MR) is 82.4 cm³/mol. The van der Waals surface area contributed by atoms with Crippen molar-refractivity contribution in [2.45, 2.75) is 11.4 Å². The highest BCUT2D eigenvalue weighted by molar-refractivity contribution is 7.89. The van der Waals surface area contributed by atoms with Crippen molar-refractivity contribution in [2.75, 3.05) is 0 Å². The van der Waals surface area contributed by atoms with Crippen LogP contribution in [0.3, 0.4) is 0 Å². The number of sulfonamides is 1. The standard InChI is InChI=1S/C16H13FN2O3S/c17-14-3-1-2-4-16(14)23(20,21)19-10-12-5-6-15(18-9-12)13-7-8-22-11-13/h1-9,11,19H,10H2. The van der Waals surface area contributed by atoms with Gasteiger partial charge in [0.1, 0.15) is 10.7 Å². The molecule has 7 heteroatoms. The highest BCUT2D eigenvalue weighted by Crippen LogP contribution is 2.18. The first-order valence-electron chi connectivity index (χ1n) is 6.78. The van der Waals surface area contributed by atoms with E-state index in [1.165, 1.54) is 18.2 Å². The van der Waals surface area contributed by atoms with Crippen molar-refractivity contribution in [3.8, 4) is 11.3 Å². The fraction of sp³-hybridized carbons (Fsp3) is 0.0625. The smallest absolute Gasteiger partial charge is 0.243 e. The van der Waals surface area contributed by atoms with Crippen LogP contribution in [0.2, 0.25) is 0 Å². The molecule has 0 unspecified atom stereocenters. The van der Waals surface area contributed by atoms with Gasteiger partial charge in [0.15, 0.2) is 0 Å². The highest BCUT2D eigenvalue weighted by atomic mass is 32.2. The van der Waals surface area contributed by atoms with Crippen molar-refractivity contribution in [3.05, 3.63) is 72.6 Å². The fourth-order valence-electron chi connectivity index (χ4n) is 2.03. The van der Waals surface area contributed by atoms with Crippen molar-refractivity contribution in [3.63, 3.8) is 0 Å². The molecule has 2 heterocycles. The van der Waals surface area contributed by atoms with Gasteiger partial charge < -0.3 is 4.42 Å².